The molecule has 0 aliphatic carbocycles. The minimum atomic E-state index is -4.45. The zero-order valence-electron chi connectivity index (χ0n) is 67.9. The van der Waals surface area contributed by atoms with Crippen molar-refractivity contribution in [2.45, 2.75) is 125 Å². The zero-order chi connectivity index (χ0) is 89.9. The molecular weight excluding hydrogens is 1710 g/mol. The number of aliphatic carboxylic acids is 4. The van der Waals surface area contributed by atoms with Crippen LogP contribution in [0.4, 0.5) is 12.9 Å². The van der Waals surface area contributed by atoms with E-state index in [4.69, 9.17) is 46.4 Å². The van der Waals surface area contributed by atoms with Gasteiger partial charge in [0.15, 0.2) is 40.6 Å². The van der Waals surface area contributed by atoms with Crippen LogP contribution in [-0.4, -0.2) is 60.4 Å². The second-order valence-electron chi connectivity index (χ2n) is 27.7. The Hall–Kier alpha value is -11.1. The number of carboxylic acid groups (broad SMARTS) is 4. The van der Waals surface area contributed by atoms with E-state index in [-0.39, 0.29) is 77.5 Å². The van der Waals surface area contributed by atoms with Crippen LogP contribution in [0.1, 0.15) is 125 Å². The minimum absolute atomic E-state index is 0. The Morgan fingerprint density at radius 1 is 0.382 bits per heavy atom. The Kier molecular flexibility index (Phi) is 42.0. The fourth-order valence-corrected chi connectivity index (χ4v) is 17.4. The lowest BCUT2D eigenvalue weighted by Gasteiger charge is -2.30. The predicted octanol–water partition coefficient (Wildman–Crippen LogP) is 15.6. The number of hydrogen-bond acceptors (Lipinski definition) is 14. The van der Waals surface area contributed by atoms with Gasteiger partial charge in [0.1, 0.15) is 16.1 Å². The van der Waals surface area contributed by atoms with E-state index in [1.165, 1.54) is 47.1 Å². The lowest BCUT2D eigenvalue weighted by atomic mass is 9.86. The Morgan fingerprint density at radius 3 is 0.846 bits per heavy atom. The molecule has 0 amide bonds. The highest BCUT2D eigenvalue weighted by molar-refractivity contribution is 7.97. The van der Waals surface area contributed by atoms with Crippen LogP contribution >= 0.6 is 46.4 Å². The van der Waals surface area contributed by atoms with Crippen molar-refractivity contribution in [3.05, 3.63) is 421 Å². The summed E-state index contributed by atoms with van der Waals surface area (Å²) in [6, 6.07) is 103. The number of aliphatic hydroxyl groups is 2. The van der Waals surface area contributed by atoms with Crippen LogP contribution in [0, 0.1) is 13.8 Å². The fraction of sp³-hybridized carbons (Fsp3) is 0.144. The topological polar surface area (TPSA) is 275 Å². The highest BCUT2D eigenvalue weighted by Crippen LogP contribution is 2.38. The number of benzene rings is 13. The van der Waals surface area contributed by atoms with Crippen molar-refractivity contribution in [2.75, 3.05) is 0 Å². The predicted molar refractivity (Wildman–Crippen MR) is 471 cm³/mol. The van der Waals surface area contributed by atoms with Gasteiger partial charge in [0, 0.05) is 38.0 Å². The summed E-state index contributed by atoms with van der Waals surface area (Å²) in [5.74, 6) is -6.43. The minimum Gasteiger partial charge on any atom is -1.00 e. The largest absolute Gasteiger partial charge is 1.00 e. The summed E-state index contributed by atoms with van der Waals surface area (Å²) < 4.78 is 63.8. The summed E-state index contributed by atoms with van der Waals surface area (Å²) in [6.07, 6.45) is 0.000278. The molecule has 0 saturated heterocycles. The Morgan fingerprint density at radius 2 is 0.618 bits per heavy atom. The van der Waals surface area contributed by atoms with Gasteiger partial charge in [-0.05, 0) is 197 Å². The van der Waals surface area contributed by atoms with Crippen LogP contribution in [0.15, 0.2) is 374 Å². The molecule has 2 N–H and O–H groups in total. The molecule has 0 atom stereocenters. The number of carbonyl (C=O) groups excluding carboxylic acids is 5. The fourth-order valence-electron chi connectivity index (χ4n) is 11.6. The van der Waals surface area contributed by atoms with Crippen LogP contribution in [0.2, 0.25) is 20.1 Å². The van der Waals surface area contributed by atoms with Crippen LogP contribution in [0.3, 0.4) is 0 Å². The van der Waals surface area contributed by atoms with Gasteiger partial charge >= 0.3 is 7.54 Å². The van der Waals surface area contributed by atoms with Crippen molar-refractivity contribution in [3.8, 4) is 0 Å². The van der Waals surface area contributed by atoms with Gasteiger partial charge < -0.3 is 59.1 Å². The van der Waals surface area contributed by atoms with Crippen molar-refractivity contribution in [1.29, 1.82) is 0 Å². The number of halogens is 8. The van der Waals surface area contributed by atoms with E-state index in [1.807, 2.05) is 113 Å². The summed E-state index contributed by atoms with van der Waals surface area (Å²) in [6.45, 7) is 15.9. The number of carboxylic acids is 4. The molecule has 13 aromatic carbocycles. The van der Waals surface area contributed by atoms with Crippen molar-refractivity contribution in [3.63, 3.8) is 0 Å². The number of carbonyl (C=O) groups is 5. The normalized spacial score (nSPS) is 10.7. The summed E-state index contributed by atoms with van der Waals surface area (Å²) in [5.41, 5.74) is 2.62. The van der Waals surface area contributed by atoms with Crippen molar-refractivity contribution >= 4 is 116 Å². The lowest BCUT2D eigenvalue weighted by Crippen LogP contribution is -3.00. The molecule has 13 aromatic rings. The molecule has 13 rings (SSSR count). The third kappa shape index (κ3) is 31.9. The molecule has 26 heteroatoms. The molecule has 0 fully saturated rings. The third-order valence-electron chi connectivity index (χ3n) is 17.8. The van der Waals surface area contributed by atoms with Crippen LogP contribution in [0.5, 0.6) is 0 Å². The van der Waals surface area contributed by atoms with Gasteiger partial charge in [-0.2, -0.15) is 0 Å². The average Bonchev–Trinajstić information content (AvgIpc) is 0.760. The number of Topliss-reactive ketones (excluding diaryl/α,β-unsaturated/α-hetero) is 1. The van der Waals surface area contributed by atoms with Gasteiger partial charge in [-0.1, -0.05) is 317 Å². The van der Waals surface area contributed by atoms with Crippen molar-refractivity contribution < 1.29 is 85.2 Å². The first kappa shape index (κ1) is 102. The van der Waals surface area contributed by atoms with Gasteiger partial charge in [0.05, 0.1) is 38.6 Å². The molecule has 123 heavy (non-hydrogen) atoms. The molecule has 0 saturated carbocycles. The van der Waals surface area contributed by atoms with Crippen LogP contribution in [-0.2, 0) is 68.7 Å². The average molecular weight is 1800 g/mol. The van der Waals surface area contributed by atoms with Crippen LogP contribution < -0.4 is 25.1 Å². The SMILES string of the molecule is CC(C)c1cc(C(C)C)c(S(=O)(=O)[O-])c(C(C)C)c1.Cc1ccc(CC(=O)[O-])cc1.Cc1ccc([S+](c2ccc(Cl)cc2)c2ccc(Cl)cc2)cc1.Clc1ccc([S+](c2ccccc2)c2ccc(Cl)cc2)cc1.FB(F)F.O=C([O-])C(=O)c1ccccc1.O=C([O-])C(O)(c1ccccc1)c1ccccc1.O=C([O-])C(O)(c1ccccc1)c1ccccc1.[F-]. The van der Waals surface area contributed by atoms with E-state index < -0.39 is 58.5 Å². The van der Waals surface area contributed by atoms with E-state index in [0.29, 0.717) is 17.0 Å². The smallest absolute Gasteiger partial charge is 0.762 e. The summed E-state index contributed by atoms with van der Waals surface area (Å²) in [4.78, 5) is 60.9. The van der Waals surface area contributed by atoms with E-state index >= 15 is 0 Å². The van der Waals surface area contributed by atoms with E-state index in [0.717, 1.165) is 36.8 Å². The quantitative estimate of drug-likeness (QED) is 0.0179. The van der Waals surface area contributed by atoms with Gasteiger partial charge in [-0.3, -0.25) is 17.7 Å². The number of ketones is 1. The molecule has 0 aromatic heterocycles. The molecule has 640 valence electrons. The van der Waals surface area contributed by atoms with E-state index in [1.54, 1.807) is 152 Å². The maximum Gasteiger partial charge on any atom is 0.762 e. The maximum atomic E-state index is 11.6. The first-order chi connectivity index (χ1) is 57.9. The molecular formula is C97H87BCl4F4O14S3-4. The van der Waals surface area contributed by atoms with Crippen LogP contribution in [0.25, 0.3) is 0 Å². The summed E-state index contributed by atoms with van der Waals surface area (Å²) >= 11 is 24.1. The highest BCUT2D eigenvalue weighted by Gasteiger charge is 2.35. The number of rotatable bonds is 20. The monoisotopic (exact) mass is 1800 g/mol. The molecule has 0 unspecified atom stereocenters. The summed E-state index contributed by atoms with van der Waals surface area (Å²) in [5, 5.41) is 66.5. The first-order valence-corrected chi connectivity index (χ1v) is 43.1. The molecule has 14 nitrogen and oxygen atoms in total. The maximum absolute atomic E-state index is 11.6. The second-order valence-corrected chi connectivity index (χ2v) is 34.8. The molecule has 0 aliphatic rings. The van der Waals surface area contributed by atoms with Gasteiger partial charge in [0.25, 0.3) is 0 Å². The zero-order valence-corrected chi connectivity index (χ0v) is 73.4. The number of aryl methyl sites for hydroxylation is 2. The molecule has 0 aliphatic heterocycles. The summed E-state index contributed by atoms with van der Waals surface area (Å²) in [7, 11) is -8.42. The Bertz CT molecular complexity index is 5180. The third-order valence-corrected chi connectivity index (χ3v) is 24.3. The van der Waals surface area contributed by atoms with Gasteiger partial charge in [-0.25, -0.2) is 8.42 Å². The van der Waals surface area contributed by atoms with E-state index in [2.05, 4.69) is 118 Å². The molecule has 0 heterocycles. The standard InChI is InChI=1S/C19H15Cl2S.C18H13Cl2S.C15H24O3S.2C14H12O3.C9H10O2.C8H6O3.BF3.FH/c1-14-2-8-17(9-3-14)22(18-10-4-15(20)5-11-18)19-12-6-16(21)7-13-19;19-14-6-10-17(11-7-14)21(16-4-2-1-3-5-16)18-12-8-15(20)9-13-18;1-9(2)12-7-13(10(3)4)15(19(16,17)18)14(8-12)11(5)6;2*15-13(16)14(17,11-7-3-1-4-8-11)12-9-5-2-6-10-12;1-7-2-4-8(5-3-7)6-9(10)11;9-7(8(10)11)6-4-2-1-3-5-6;2-1(3)4;/h2-13H,1H3;1-13H;7-11H,1-6H3,(H,16,17,18);2*1-10,17H,(H,15,16);2-5H,6H2,1H3,(H,10,11);1-5H,(H,10,11);;1H/q2*+1;;;;;;;/p-6. The molecule has 0 bridgehead atoms. The van der Waals surface area contributed by atoms with Gasteiger partial charge in [0.2, 0.25) is 5.78 Å². The Labute approximate surface area is 741 Å². The number of hydrogen-bond donors (Lipinski definition) is 2. The van der Waals surface area contributed by atoms with E-state index in [9.17, 15) is 80.5 Å². The highest BCUT2D eigenvalue weighted by atomic mass is 35.5. The second kappa shape index (κ2) is 50.5. The first-order valence-electron chi connectivity index (χ1n) is 37.7. The van der Waals surface area contributed by atoms with Gasteiger partial charge in [-0.15, -0.1) is 0 Å². The molecule has 0 radical (unpaired) electrons. The molecule has 0 spiro atoms. The van der Waals surface area contributed by atoms with Crippen molar-refractivity contribution in [1.82, 2.24) is 0 Å². The Balaban J connectivity index is 0.000000255. The van der Waals surface area contributed by atoms with Crippen molar-refractivity contribution in [2.24, 2.45) is 0 Å². The lowest BCUT2D eigenvalue weighted by molar-refractivity contribution is -0.323.